The van der Waals surface area contributed by atoms with Crippen LogP contribution in [0.5, 0.6) is 0 Å². The highest BCUT2D eigenvalue weighted by molar-refractivity contribution is 4.68. The Balaban J connectivity index is 3.68. The van der Waals surface area contributed by atoms with Crippen molar-refractivity contribution in [1.29, 1.82) is 0 Å². The van der Waals surface area contributed by atoms with Crippen LogP contribution in [0.1, 0.15) is 16.6 Å². The maximum absolute atomic E-state index is 6.72. The van der Waals surface area contributed by atoms with Gasteiger partial charge in [0.25, 0.3) is 0 Å². The standard InChI is InChI=1S/C4H8/c1-3-4-2/h3-4H,1-2H3/i3T,4T. The van der Waals surface area contributed by atoms with Crippen LogP contribution in [0, 0.1) is 0 Å². The van der Waals surface area contributed by atoms with E-state index in [9.17, 15) is 0 Å². The fourth-order valence-electron chi connectivity index (χ4n) is 0. The second kappa shape index (κ2) is 2.74. The molecular formula is C4H8. The lowest BCUT2D eigenvalue weighted by Crippen LogP contribution is -1.26. The van der Waals surface area contributed by atoms with E-state index in [1.807, 2.05) is 0 Å². The Morgan fingerprint density at radius 2 is 1.75 bits per heavy atom. The van der Waals surface area contributed by atoms with Gasteiger partial charge < -0.3 is 0 Å². The molecule has 0 heterocycles. The summed E-state index contributed by atoms with van der Waals surface area (Å²) in [5.41, 5.74) is 0. The zero-order chi connectivity index (χ0) is 5.15. The summed E-state index contributed by atoms with van der Waals surface area (Å²) in [5.74, 6) is 0. The quantitative estimate of drug-likeness (QED) is 0.372. The molecule has 4 heavy (non-hydrogen) atoms. The number of allylic oxidation sites excluding steroid dienone is 2. The van der Waals surface area contributed by atoms with Crippen LogP contribution < -0.4 is 0 Å². The van der Waals surface area contributed by atoms with Gasteiger partial charge >= 0.3 is 0 Å². The van der Waals surface area contributed by atoms with Gasteiger partial charge in [0.1, 0.15) is 0 Å². The van der Waals surface area contributed by atoms with Gasteiger partial charge in [0.05, 0.1) is 2.74 Å². The van der Waals surface area contributed by atoms with Crippen molar-refractivity contribution in [2.75, 3.05) is 0 Å². The third-order valence-electron chi connectivity index (χ3n) is 0.250. The Bertz CT molecular complexity index is 55.6. The molecule has 0 heteroatoms. The van der Waals surface area contributed by atoms with Gasteiger partial charge in [-0.15, -0.1) is 0 Å². The predicted molar refractivity (Wildman–Crippen MR) is 20.5 cm³/mol. The zero-order valence-electron chi connectivity index (χ0n) is 5.00. The van der Waals surface area contributed by atoms with Crippen molar-refractivity contribution in [2.24, 2.45) is 0 Å². The van der Waals surface area contributed by atoms with Crippen molar-refractivity contribution in [2.45, 2.75) is 13.8 Å². The van der Waals surface area contributed by atoms with E-state index in [4.69, 9.17) is 2.74 Å². The van der Waals surface area contributed by atoms with Crippen LogP contribution in [0.25, 0.3) is 0 Å². The molecule has 0 saturated heterocycles. The first-order chi connectivity index (χ1) is 2.64. The largest absolute Gasteiger partial charge is 0.0919 e. The minimum atomic E-state index is 0.343. The van der Waals surface area contributed by atoms with Crippen molar-refractivity contribution in [3.8, 4) is 0 Å². The van der Waals surface area contributed by atoms with Crippen molar-refractivity contribution in [1.82, 2.24) is 0 Å². The summed E-state index contributed by atoms with van der Waals surface area (Å²) in [4.78, 5) is 0. The first-order valence-corrected chi connectivity index (χ1v) is 1.25. The van der Waals surface area contributed by atoms with Crippen LogP contribution in [0.4, 0.5) is 0 Å². The van der Waals surface area contributed by atoms with Gasteiger partial charge in [0.15, 0.2) is 0 Å². The smallest absolute Gasteiger partial charge is 0.0569 e. The van der Waals surface area contributed by atoms with Crippen LogP contribution in [-0.4, -0.2) is 0 Å². The molecule has 0 aliphatic rings. The minimum Gasteiger partial charge on any atom is -0.0919 e. The third-order valence-corrected chi connectivity index (χ3v) is 0.250. The number of hydrogen-bond donors (Lipinski definition) is 0. The molecule has 0 aromatic rings. The van der Waals surface area contributed by atoms with Gasteiger partial charge in [-0.25, -0.2) is 0 Å². The highest BCUT2D eigenvalue weighted by Gasteiger charge is 1.34. The topological polar surface area (TPSA) is 0 Å². The number of rotatable bonds is 0. The maximum atomic E-state index is 6.72. The second-order valence-corrected chi connectivity index (χ2v) is 0.500. The predicted octanol–water partition coefficient (Wildman–Crippen LogP) is 1.58. The minimum absolute atomic E-state index is 0.343. The van der Waals surface area contributed by atoms with Crippen molar-refractivity contribution >= 4 is 0 Å². The molecule has 0 unspecified atom stereocenters. The zero-order valence-corrected chi connectivity index (χ0v) is 3.00. The lowest BCUT2D eigenvalue weighted by molar-refractivity contribution is 1.64. The highest BCUT2D eigenvalue weighted by Crippen LogP contribution is 1.57. The average Bonchev–Trinajstić information content (AvgIpc) is 1.36. The van der Waals surface area contributed by atoms with Crippen molar-refractivity contribution < 1.29 is 2.74 Å². The summed E-state index contributed by atoms with van der Waals surface area (Å²) >= 11 is 0. The first kappa shape index (κ1) is 1.25. The third kappa shape index (κ3) is 1.74. The Morgan fingerprint density at radius 1 is 1.50 bits per heavy atom. The molecule has 0 N–H and O–H groups in total. The van der Waals surface area contributed by atoms with Gasteiger partial charge in [-0.3, -0.25) is 0 Å². The molecule has 0 bridgehead atoms. The molecule has 0 radical (unpaired) electrons. The summed E-state index contributed by atoms with van der Waals surface area (Å²) in [6.07, 6.45) is 0. The Hall–Kier alpha value is -0.260. The van der Waals surface area contributed by atoms with Gasteiger partial charge in [0.2, 0.25) is 0 Å². The second-order valence-electron chi connectivity index (χ2n) is 0.500. The van der Waals surface area contributed by atoms with Gasteiger partial charge in [-0.2, -0.15) is 0 Å². The normalized spacial score (nSPS) is 21.5. The summed E-state index contributed by atoms with van der Waals surface area (Å²) < 4.78 is 13.4. The summed E-state index contributed by atoms with van der Waals surface area (Å²) in [5, 5.41) is 0. The molecule has 0 saturated carbocycles. The SMILES string of the molecule is [3H]C(C)=C([3H])C. The van der Waals surface area contributed by atoms with Crippen LogP contribution in [0.2, 0.25) is 0 Å². The van der Waals surface area contributed by atoms with E-state index in [1.165, 1.54) is 0 Å². The molecule has 0 spiro atoms. The Labute approximate surface area is 30.0 Å². The van der Waals surface area contributed by atoms with E-state index in [1.54, 1.807) is 13.8 Å². The Morgan fingerprint density at radius 3 is 1.75 bits per heavy atom. The van der Waals surface area contributed by atoms with E-state index in [-0.39, 0.29) is 0 Å². The molecule has 0 amide bonds. The molecule has 0 aliphatic carbocycles. The molecule has 0 atom stereocenters. The first-order valence-electron chi connectivity index (χ1n) is 2.25. The fourth-order valence-corrected chi connectivity index (χ4v) is 0. The van der Waals surface area contributed by atoms with Gasteiger partial charge in [-0.05, 0) is 13.8 Å². The van der Waals surface area contributed by atoms with E-state index in [0.29, 0.717) is 12.1 Å². The van der Waals surface area contributed by atoms with Crippen LogP contribution in [0.3, 0.4) is 0 Å². The van der Waals surface area contributed by atoms with Crippen LogP contribution >= 0.6 is 0 Å². The monoisotopic (exact) mass is 60.1 g/mol. The van der Waals surface area contributed by atoms with E-state index >= 15 is 0 Å². The summed E-state index contributed by atoms with van der Waals surface area (Å²) in [7, 11) is 0. The molecular weight excluding hydrogens is 48.0 g/mol. The highest BCUT2D eigenvalue weighted by atomic mass is 13.4. The molecule has 0 aromatic carbocycles. The molecule has 0 nitrogen and oxygen atoms in total. The van der Waals surface area contributed by atoms with Gasteiger partial charge in [0, 0.05) is 0 Å². The maximum Gasteiger partial charge on any atom is 0.0569 e. The molecule has 24 valence electrons. The van der Waals surface area contributed by atoms with Crippen LogP contribution in [0.15, 0.2) is 12.1 Å². The van der Waals surface area contributed by atoms with E-state index in [2.05, 4.69) is 0 Å². The van der Waals surface area contributed by atoms with Crippen LogP contribution in [-0.2, 0) is 0 Å². The molecule has 0 rings (SSSR count). The van der Waals surface area contributed by atoms with E-state index in [0.717, 1.165) is 0 Å². The molecule has 0 aromatic heterocycles. The average molecular weight is 60.1 g/mol. The molecule has 0 aliphatic heterocycles. The molecule has 0 fully saturated rings. The van der Waals surface area contributed by atoms with Crippen molar-refractivity contribution in [3.05, 3.63) is 12.1 Å². The summed E-state index contributed by atoms with van der Waals surface area (Å²) in [6, 6.07) is 0.685. The van der Waals surface area contributed by atoms with Gasteiger partial charge in [-0.1, -0.05) is 12.1 Å². The summed E-state index contributed by atoms with van der Waals surface area (Å²) in [6.45, 7) is 3.20. The lowest BCUT2D eigenvalue weighted by atomic mass is 10.6. The lowest BCUT2D eigenvalue weighted by Gasteiger charge is -1.49. The number of hydrogen-bond acceptors (Lipinski definition) is 0. The van der Waals surface area contributed by atoms with E-state index < -0.39 is 0 Å². The Kier molecular flexibility index (Phi) is 0.856. The fraction of sp³-hybridized carbons (Fsp3) is 0.500. The van der Waals surface area contributed by atoms with Crippen molar-refractivity contribution in [3.63, 3.8) is 0 Å².